The van der Waals surface area contributed by atoms with E-state index < -0.39 is 28.5 Å². The van der Waals surface area contributed by atoms with Gasteiger partial charge in [0.05, 0.1) is 12.0 Å². The van der Waals surface area contributed by atoms with Crippen LogP contribution < -0.4 is 15.2 Å². The first-order chi connectivity index (χ1) is 12.8. The van der Waals surface area contributed by atoms with E-state index in [1.54, 1.807) is 19.2 Å². The molecule has 2 aromatic carbocycles. The van der Waals surface area contributed by atoms with Crippen molar-refractivity contribution in [3.8, 4) is 5.75 Å². The molecule has 8 nitrogen and oxygen atoms in total. The summed E-state index contributed by atoms with van der Waals surface area (Å²) in [5, 5.41) is 7.48. The number of rotatable bonds is 8. The Balaban J connectivity index is 1.78. The molecule has 0 heterocycles. The first-order valence-corrected chi connectivity index (χ1v) is 9.54. The molecule has 1 amide bonds. The van der Waals surface area contributed by atoms with Gasteiger partial charge in [-0.25, -0.2) is 13.6 Å². The Morgan fingerprint density at radius 2 is 1.81 bits per heavy atom. The highest BCUT2D eigenvalue weighted by atomic mass is 32.2. The Hall–Kier alpha value is -2.91. The number of ether oxygens (including phenoxy) is 2. The Bertz CT molecular complexity index is 910. The third kappa shape index (κ3) is 6.72. The maximum Gasteiger partial charge on any atom is 0.306 e. The molecule has 27 heavy (non-hydrogen) atoms. The molecule has 0 fully saturated rings. The fraction of sp³-hybridized carbons (Fsp3) is 0.222. The number of nitrogens with two attached hydrogens (primary N) is 1. The van der Waals surface area contributed by atoms with Crippen LogP contribution in [0.25, 0.3) is 0 Å². The SMILES string of the molecule is COc1ccc(CCC(=O)OCC(=O)Nc2cccc(S(N)(=O)=O)c2)cc1. The molecule has 0 spiro atoms. The minimum atomic E-state index is -3.87. The lowest BCUT2D eigenvalue weighted by Crippen LogP contribution is -2.21. The molecule has 2 rings (SSSR count). The average Bonchev–Trinajstić information content (AvgIpc) is 2.64. The molecule has 0 saturated heterocycles. The van der Waals surface area contributed by atoms with Gasteiger partial charge in [0.25, 0.3) is 5.91 Å². The van der Waals surface area contributed by atoms with E-state index in [0.717, 1.165) is 11.3 Å². The first kappa shape index (κ1) is 20.4. The van der Waals surface area contributed by atoms with Crippen molar-refractivity contribution in [2.75, 3.05) is 19.0 Å². The van der Waals surface area contributed by atoms with Crippen LogP contribution in [0, 0.1) is 0 Å². The number of hydrogen-bond acceptors (Lipinski definition) is 6. The summed E-state index contributed by atoms with van der Waals surface area (Å²) >= 11 is 0. The molecule has 0 unspecified atom stereocenters. The van der Waals surface area contributed by atoms with E-state index in [0.29, 0.717) is 6.42 Å². The molecular formula is C18H20N2O6S. The van der Waals surface area contributed by atoms with E-state index >= 15 is 0 Å². The molecule has 2 aromatic rings. The zero-order valence-corrected chi connectivity index (χ0v) is 15.5. The fourth-order valence-corrected chi connectivity index (χ4v) is 2.76. The Kier molecular flexibility index (Phi) is 6.91. The smallest absolute Gasteiger partial charge is 0.306 e. The molecule has 0 aliphatic carbocycles. The molecule has 0 aliphatic rings. The van der Waals surface area contributed by atoms with Gasteiger partial charge in [-0.05, 0) is 42.3 Å². The van der Waals surface area contributed by atoms with Gasteiger partial charge in [0.1, 0.15) is 5.75 Å². The maximum absolute atomic E-state index is 11.8. The zero-order valence-electron chi connectivity index (χ0n) is 14.7. The highest BCUT2D eigenvalue weighted by Gasteiger charge is 2.11. The van der Waals surface area contributed by atoms with Crippen molar-refractivity contribution in [2.24, 2.45) is 5.14 Å². The predicted molar refractivity (Wildman–Crippen MR) is 98.7 cm³/mol. The lowest BCUT2D eigenvalue weighted by molar-refractivity contribution is -0.147. The summed E-state index contributed by atoms with van der Waals surface area (Å²) in [6.45, 7) is -0.471. The summed E-state index contributed by atoms with van der Waals surface area (Å²) in [4.78, 5) is 23.5. The molecular weight excluding hydrogens is 372 g/mol. The number of aryl methyl sites for hydroxylation is 1. The van der Waals surface area contributed by atoms with Gasteiger partial charge in [-0.3, -0.25) is 9.59 Å². The standard InChI is InChI=1S/C18H20N2O6S/c1-25-15-8-5-13(6-9-15)7-10-18(22)26-12-17(21)20-14-3-2-4-16(11-14)27(19,23)24/h2-6,8-9,11H,7,10,12H2,1H3,(H,20,21)(H2,19,23,24). The van der Waals surface area contributed by atoms with Crippen LogP contribution in [0.4, 0.5) is 5.69 Å². The van der Waals surface area contributed by atoms with Crippen molar-refractivity contribution in [3.05, 3.63) is 54.1 Å². The lowest BCUT2D eigenvalue weighted by Gasteiger charge is -2.08. The summed E-state index contributed by atoms with van der Waals surface area (Å²) in [6, 6.07) is 12.7. The molecule has 3 N–H and O–H groups in total. The van der Waals surface area contributed by atoms with E-state index in [4.69, 9.17) is 14.6 Å². The summed E-state index contributed by atoms with van der Waals surface area (Å²) in [7, 11) is -2.30. The fourth-order valence-electron chi connectivity index (χ4n) is 2.20. The summed E-state index contributed by atoms with van der Waals surface area (Å²) < 4.78 is 32.6. The Morgan fingerprint density at radius 1 is 1.11 bits per heavy atom. The topological polar surface area (TPSA) is 125 Å². The number of hydrogen-bond donors (Lipinski definition) is 2. The van der Waals surface area contributed by atoms with Gasteiger partial charge < -0.3 is 14.8 Å². The van der Waals surface area contributed by atoms with E-state index in [1.165, 1.54) is 24.3 Å². The Morgan fingerprint density at radius 3 is 2.44 bits per heavy atom. The molecule has 0 aliphatic heterocycles. The van der Waals surface area contributed by atoms with Gasteiger partial charge in [-0.2, -0.15) is 0 Å². The molecule has 0 bridgehead atoms. The van der Waals surface area contributed by atoms with E-state index in [-0.39, 0.29) is 17.0 Å². The maximum atomic E-state index is 11.8. The second-order valence-corrected chi connectivity index (χ2v) is 7.19. The third-order valence-corrected chi connectivity index (χ3v) is 4.50. The monoisotopic (exact) mass is 392 g/mol. The van der Waals surface area contributed by atoms with E-state index in [9.17, 15) is 18.0 Å². The molecule has 0 atom stereocenters. The van der Waals surface area contributed by atoms with Crippen LogP contribution in [0.5, 0.6) is 5.75 Å². The van der Waals surface area contributed by atoms with Crippen LogP contribution in [-0.4, -0.2) is 34.0 Å². The van der Waals surface area contributed by atoms with Crippen molar-refractivity contribution in [3.63, 3.8) is 0 Å². The van der Waals surface area contributed by atoms with Gasteiger partial charge in [-0.1, -0.05) is 18.2 Å². The summed E-state index contributed by atoms with van der Waals surface area (Å²) in [5.74, 6) is -0.372. The van der Waals surface area contributed by atoms with Crippen molar-refractivity contribution in [2.45, 2.75) is 17.7 Å². The first-order valence-electron chi connectivity index (χ1n) is 7.99. The van der Waals surface area contributed by atoms with Crippen LogP contribution in [-0.2, 0) is 30.8 Å². The van der Waals surface area contributed by atoms with Crippen molar-refractivity contribution in [1.29, 1.82) is 0 Å². The van der Waals surface area contributed by atoms with Gasteiger partial charge in [-0.15, -0.1) is 0 Å². The van der Waals surface area contributed by atoms with E-state index in [1.807, 2.05) is 12.1 Å². The highest BCUT2D eigenvalue weighted by molar-refractivity contribution is 7.89. The number of carbonyl (C=O) groups excluding carboxylic acids is 2. The van der Waals surface area contributed by atoms with Crippen molar-refractivity contribution < 1.29 is 27.5 Å². The third-order valence-electron chi connectivity index (χ3n) is 3.59. The largest absolute Gasteiger partial charge is 0.497 e. The second kappa shape index (κ2) is 9.15. The molecule has 9 heteroatoms. The van der Waals surface area contributed by atoms with Crippen molar-refractivity contribution >= 4 is 27.6 Å². The van der Waals surface area contributed by atoms with Gasteiger partial charge >= 0.3 is 5.97 Å². The van der Waals surface area contributed by atoms with Gasteiger partial charge in [0.15, 0.2) is 6.61 Å². The number of carbonyl (C=O) groups is 2. The molecule has 0 saturated carbocycles. The lowest BCUT2D eigenvalue weighted by atomic mass is 10.1. The van der Waals surface area contributed by atoms with Crippen LogP contribution in [0.2, 0.25) is 0 Å². The van der Waals surface area contributed by atoms with Crippen LogP contribution in [0.15, 0.2) is 53.4 Å². The summed E-state index contributed by atoms with van der Waals surface area (Å²) in [6.07, 6.45) is 0.599. The van der Waals surface area contributed by atoms with Crippen LogP contribution in [0.3, 0.4) is 0 Å². The van der Waals surface area contributed by atoms with Gasteiger partial charge in [0, 0.05) is 12.1 Å². The Labute approximate surface area is 157 Å². The molecule has 0 radical (unpaired) electrons. The number of primary sulfonamides is 1. The van der Waals surface area contributed by atoms with Crippen LogP contribution in [0.1, 0.15) is 12.0 Å². The van der Waals surface area contributed by atoms with Crippen LogP contribution >= 0.6 is 0 Å². The predicted octanol–water partition coefficient (Wildman–Crippen LogP) is 1.46. The van der Waals surface area contributed by atoms with Crippen molar-refractivity contribution in [1.82, 2.24) is 0 Å². The quantitative estimate of drug-likeness (QED) is 0.655. The summed E-state index contributed by atoms with van der Waals surface area (Å²) in [5.41, 5.74) is 1.18. The van der Waals surface area contributed by atoms with Gasteiger partial charge in [0.2, 0.25) is 10.0 Å². The minimum Gasteiger partial charge on any atom is -0.497 e. The number of benzene rings is 2. The number of anilines is 1. The number of methoxy groups -OCH3 is 1. The van der Waals surface area contributed by atoms with E-state index in [2.05, 4.69) is 5.32 Å². The second-order valence-electron chi connectivity index (χ2n) is 5.63. The molecule has 144 valence electrons. The highest BCUT2D eigenvalue weighted by Crippen LogP contribution is 2.14. The minimum absolute atomic E-state index is 0.126. The normalized spacial score (nSPS) is 10.9. The zero-order chi connectivity index (χ0) is 19.9. The number of sulfonamides is 1. The number of amides is 1. The average molecular weight is 392 g/mol. The molecule has 0 aromatic heterocycles. The number of esters is 1. The number of nitrogens with one attached hydrogen (secondary N) is 1.